The first-order valence-electron chi connectivity index (χ1n) is 6.85. The maximum absolute atomic E-state index is 12.4. The average molecular weight is 415 g/mol. The summed E-state index contributed by atoms with van der Waals surface area (Å²) in [7, 11) is 0. The molecule has 0 aliphatic carbocycles. The quantitative estimate of drug-likeness (QED) is 0.756. The van der Waals surface area contributed by atoms with Crippen molar-refractivity contribution in [2.75, 3.05) is 6.61 Å². The van der Waals surface area contributed by atoms with E-state index in [-0.39, 0.29) is 23.6 Å². The summed E-state index contributed by atoms with van der Waals surface area (Å²) in [6.45, 7) is 5.74. The first kappa shape index (κ1) is 17.0. The number of nitrogens with zero attached hydrogens (tertiary/aromatic N) is 1. The monoisotopic (exact) mass is 415 g/mol. The number of aromatic nitrogens is 1. The number of halogens is 1. The molecule has 0 bridgehead atoms. The second-order valence-corrected chi connectivity index (χ2v) is 7.56. The van der Waals surface area contributed by atoms with Crippen molar-refractivity contribution in [2.45, 2.75) is 26.8 Å². The number of carboxylic acid groups (broad SMARTS) is 1. The van der Waals surface area contributed by atoms with Crippen LogP contribution in [0.5, 0.6) is 0 Å². The van der Waals surface area contributed by atoms with Gasteiger partial charge in [0.2, 0.25) is 5.43 Å². The SMILES string of the molecule is CC(C)(C)C(CO)n1cc(C(=O)O)c(=O)c2cc(I)ccc21. The highest BCUT2D eigenvalue weighted by Crippen LogP contribution is 2.32. The number of rotatable bonds is 3. The maximum atomic E-state index is 12.4. The van der Waals surface area contributed by atoms with E-state index in [1.54, 1.807) is 16.7 Å². The molecule has 1 aromatic carbocycles. The molecule has 0 spiro atoms. The molecule has 118 valence electrons. The van der Waals surface area contributed by atoms with Crippen LogP contribution in [0.1, 0.15) is 37.2 Å². The summed E-state index contributed by atoms with van der Waals surface area (Å²) in [6, 6.07) is 4.99. The molecular formula is C16H18INO4. The van der Waals surface area contributed by atoms with Crippen LogP contribution in [0.25, 0.3) is 10.9 Å². The molecule has 0 radical (unpaired) electrons. The minimum Gasteiger partial charge on any atom is -0.477 e. The van der Waals surface area contributed by atoms with Crippen molar-refractivity contribution in [1.29, 1.82) is 0 Å². The number of aliphatic hydroxyl groups excluding tert-OH is 1. The summed E-state index contributed by atoms with van der Waals surface area (Å²) >= 11 is 2.08. The van der Waals surface area contributed by atoms with Crippen LogP contribution in [-0.2, 0) is 0 Å². The highest BCUT2D eigenvalue weighted by molar-refractivity contribution is 14.1. The van der Waals surface area contributed by atoms with Crippen LogP contribution in [0.15, 0.2) is 29.2 Å². The van der Waals surface area contributed by atoms with E-state index in [4.69, 9.17) is 0 Å². The molecule has 6 heteroatoms. The Balaban J connectivity index is 2.92. The van der Waals surface area contributed by atoms with Gasteiger partial charge in [0.15, 0.2) is 0 Å². The van der Waals surface area contributed by atoms with E-state index in [1.807, 2.05) is 26.8 Å². The van der Waals surface area contributed by atoms with E-state index in [0.29, 0.717) is 10.9 Å². The molecule has 22 heavy (non-hydrogen) atoms. The summed E-state index contributed by atoms with van der Waals surface area (Å²) in [5.41, 5.74) is -0.445. The topological polar surface area (TPSA) is 79.5 Å². The summed E-state index contributed by atoms with van der Waals surface area (Å²) in [5.74, 6) is -1.26. The van der Waals surface area contributed by atoms with E-state index >= 15 is 0 Å². The number of pyridine rings is 1. The number of hydrogen-bond donors (Lipinski definition) is 2. The molecule has 5 nitrogen and oxygen atoms in total. The molecule has 2 aromatic rings. The third-order valence-corrected chi connectivity index (χ3v) is 4.40. The fourth-order valence-corrected chi connectivity index (χ4v) is 3.01. The number of benzene rings is 1. The number of hydrogen-bond acceptors (Lipinski definition) is 3. The lowest BCUT2D eigenvalue weighted by Gasteiger charge is -2.32. The number of aliphatic hydroxyl groups is 1. The Kier molecular flexibility index (Phi) is 4.62. The predicted octanol–water partition coefficient (Wildman–Crippen LogP) is 2.88. The molecule has 0 saturated heterocycles. The standard InChI is InChI=1S/C16H18INO4/c1-16(2,3)13(8-19)18-7-11(15(21)22)14(20)10-6-9(17)4-5-12(10)18/h4-7,13,19H,8H2,1-3H3,(H,21,22). The summed E-state index contributed by atoms with van der Waals surface area (Å²) in [5, 5.41) is 19.4. The number of carboxylic acids is 1. The van der Waals surface area contributed by atoms with Crippen molar-refractivity contribution in [1.82, 2.24) is 4.57 Å². The van der Waals surface area contributed by atoms with Crippen molar-refractivity contribution in [3.05, 3.63) is 43.8 Å². The van der Waals surface area contributed by atoms with Gasteiger partial charge in [0.05, 0.1) is 18.2 Å². The molecule has 2 rings (SSSR count). The van der Waals surface area contributed by atoms with E-state index in [2.05, 4.69) is 22.6 Å². The van der Waals surface area contributed by atoms with Gasteiger partial charge in [0, 0.05) is 15.2 Å². The number of fused-ring (bicyclic) bond motifs is 1. The molecule has 0 aliphatic rings. The lowest BCUT2D eigenvalue weighted by Crippen LogP contribution is -2.30. The Morgan fingerprint density at radius 2 is 2.00 bits per heavy atom. The second kappa shape index (κ2) is 6.00. The van der Waals surface area contributed by atoms with Gasteiger partial charge in [-0.1, -0.05) is 20.8 Å². The summed E-state index contributed by atoms with van der Waals surface area (Å²) < 4.78 is 2.56. The molecule has 1 unspecified atom stereocenters. The van der Waals surface area contributed by atoms with E-state index in [1.165, 1.54) is 6.20 Å². The molecule has 0 amide bonds. The van der Waals surface area contributed by atoms with Gasteiger partial charge in [-0.15, -0.1) is 0 Å². The third kappa shape index (κ3) is 3.03. The zero-order valence-electron chi connectivity index (χ0n) is 12.6. The molecule has 0 fully saturated rings. The van der Waals surface area contributed by atoms with Crippen LogP contribution < -0.4 is 5.43 Å². The fraction of sp³-hybridized carbons (Fsp3) is 0.375. The van der Waals surface area contributed by atoms with Crippen molar-refractivity contribution >= 4 is 39.5 Å². The number of carbonyl (C=O) groups is 1. The molecule has 1 heterocycles. The Bertz CT molecular complexity index is 789. The van der Waals surface area contributed by atoms with E-state index in [0.717, 1.165) is 3.57 Å². The van der Waals surface area contributed by atoms with Gasteiger partial charge in [0.25, 0.3) is 0 Å². The highest BCUT2D eigenvalue weighted by atomic mass is 127. The molecule has 0 aliphatic heterocycles. The molecule has 2 N–H and O–H groups in total. The molecule has 1 atom stereocenters. The largest absolute Gasteiger partial charge is 0.477 e. The summed E-state index contributed by atoms with van der Waals surface area (Å²) in [6.07, 6.45) is 1.34. The zero-order chi connectivity index (χ0) is 16.7. The van der Waals surface area contributed by atoms with Crippen LogP contribution in [0.3, 0.4) is 0 Å². The van der Waals surface area contributed by atoms with Gasteiger partial charge in [0.1, 0.15) is 5.56 Å². The first-order valence-corrected chi connectivity index (χ1v) is 7.93. The third-order valence-electron chi connectivity index (χ3n) is 3.73. The van der Waals surface area contributed by atoms with Gasteiger partial charge >= 0.3 is 5.97 Å². The Morgan fingerprint density at radius 1 is 1.36 bits per heavy atom. The van der Waals surface area contributed by atoms with Gasteiger partial charge in [-0.2, -0.15) is 0 Å². The maximum Gasteiger partial charge on any atom is 0.341 e. The average Bonchev–Trinajstić information content (AvgIpc) is 2.40. The van der Waals surface area contributed by atoms with Crippen molar-refractivity contribution in [3.8, 4) is 0 Å². The Morgan fingerprint density at radius 3 is 2.50 bits per heavy atom. The number of aromatic carboxylic acids is 1. The Hall–Kier alpha value is -1.41. The van der Waals surface area contributed by atoms with Crippen molar-refractivity contribution in [2.24, 2.45) is 5.41 Å². The fourth-order valence-electron chi connectivity index (χ4n) is 2.52. The molecule has 0 saturated carbocycles. The van der Waals surface area contributed by atoms with E-state index < -0.39 is 11.4 Å². The van der Waals surface area contributed by atoms with Gasteiger partial charge in [-0.05, 0) is 46.2 Å². The smallest absolute Gasteiger partial charge is 0.341 e. The van der Waals surface area contributed by atoms with Crippen LogP contribution in [0.2, 0.25) is 0 Å². The summed E-state index contributed by atoms with van der Waals surface area (Å²) in [4.78, 5) is 23.8. The lowest BCUT2D eigenvalue weighted by molar-refractivity contribution is 0.0692. The van der Waals surface area contributed by atoms with Gasteiger partial charge in [-0.3, -0.25) is 4.79 Å². The second-order valence-electron chi connectivity index (χ2n) is 6.31. The van der Waals surface area contributed by atoms with Crippen LogP contribution in [0.4, 0.5) is 0 Å². The van der Waals surface area contributed by atoms with Gasteiger partial charge < -0.3 is 14.8 Å². The Labute approximate surface area is 141 Å². The minimum atomic E-state index is -1.26. The highest BCUT2D eigenvalue weighted by Gasteiger charge is 2.28. The normalized spacial score (nSPS) is 13.3. The molecule has 1 aromatic heterocycles. The minimum absolute atomic E-state index is 0.146. The first-order chi connectivity index (χ1) is 10.2. The zero-order valence-corrected chi connectivity index (χ0v) is 14.8. The van der Waals surface area contributed by atoms with Gasteiger partial charge in [-0.25, -0.2) is 4.79 Å². The van der Waals surface area contributed by atoms with E-state index in [9.17, 15) is 19.8 Å². The molecular weight excluding hydrogens is 397 g/mol. The van der Waals surface area contributed by atoms with Crippen molar-refractivity contribution < 1.29 is 15.0 Å². The van der Waals surface area contributed by atoms with Crippen molar-refractivity contribution in [3.63, 3.8) is 0 Å². The lowest BCUT2D eigenvalue weighted by atomic mass is 9.86. The predicted molar refractivity (Wildman–Crippen MR) is 93.5 cm³/mol. The van der Waals surface area contributed by atoms with Crippen LogP contribution in [0, 0.1) is 8.99 Å². The van der Waals surface area contributed by atoms with Crippen LogP contribution in [-0.4, -0.2) is 27.4 Å². The van der Waals surface area contributed by atoms with Crippen LogP contribution >= 0.6 is 22.6 Å².